The van der Waals surface area contributed by atoms with Gasteiger partial charge >= 0.3 is 0 Å². The number of rotatable bonds is 4. The molecule has 0 saturated heterocycles. The molecule has 0 heterocycles. The molecule has 0 unspecified atom stereocenters. The third kappa shape index (κ3) is 3.49. The summed E-state index contributed by atoms with van der Waals surface area (Å²) in [4.78, 5) is 12.1. The first-order valence-electron chi connectivity index (χ1n) is 6.38. The summed E-state index contributed by atoms with van der Waals surface area (Å²) in [6.45, 7) is 11.2. The van der Waals surface area contributed by atoms with Crippen LogP contribution in [0.2, 0.25) is 0 Å². The van der Waals surface area contributed by atoms with Gasteiger partial charge in [-0.2, -0.15) is 0 Å². The Balaban J connectivity index is 2.75. The van der Waals surface area contributed by atoms with E-state index in [4.69, 9.17) is 5.73 Å². The van der Waals surface area contributed by atoms with Gasteiger partial charge in [0.2, 0.25) is 0 Å². The van der Waals surface area contributed by atoms with Crippen molar-refractivity contribution in [1.82, 2.24) is 5.32 Å². The number of aryl methyl sites for hydroxylation is 1. The molecular formula is C15H24N2O. The van der Waals surface area contributed by atoms with E-state index in [0.717, 1.165) is 5.56 Å². The number of nitrogen functional groups attached to an aromatic ring is 1. The monoisotopic (exact) mass is 248 g/mol. The Labute approximate surface area is 110 Å². The van der Waals surface area contributed by atoms with Crippen LogP contribution >= 0.6 is 0 Å². The number of hydrogen-bond donors (Lipinski definition) is 2. The SMILES string of the molecule is Cc1ccc(N)cc1C(=O)NCC(C)(C)C(C)C. The van der Waals surface area contributed by atoms with Crippen molar-refractivity contribution >= 4 is 11.6 Å². The minimum absolute atomic E-state index is 0.0477. The molecule has 0 fully saturated rings. The Morgan fingerprint density at radius 1 is 1.39 bits per heavy atom. The Bertz CT molecular complexity index is 436. The highest BCUT2D eigenvalue weighted by Gasteiger charge is 2.23. The fraction of sp³-hybridized carbons (Fsp3) is 0.533. The van der Waals surface area contributed by atoms with Gasteiger partial charge in [-0.25, -0.2) is 0 Å². The molecule has 0 aromatic heterocycles. The average Bonchev–Trinajstić information content (AvgIpc) is 2.29. The van der Waals surface area contributed by atoms with Gasteiger partial charge in [-0.3, -0.25) is 4.79 Å². The van der Waals surface area contributed by atoms with Crippen molar-refractivity contribution in [1.29, 1.82) is 0 Å². The van der Waals surface area contributed by atoms with E-state index in [1.54, 1.807) is 6.07 Å². The minimum Gasteiger partial charge on any atom is -0.399 e. The van der Waals surface area contributed by atoms with E-state index >= 15 is 0 Å². The van der Waals surface area contributed by atoms with Crippen LogP contribution < -0.4 is 11.1 Å². The van der Waals surface area contributed by atoms with Gasteiger partial charge in [0.05, 0.1) is 0 Å². The molecule has 0 saturated carbocycles. The van der Waals surface area contributed by atoms with Crippen LogP contribution in [0.1, 0.15) is 43.6 Å². The lowest BCUT2D eigenvalue weighted by molar-refractivity contribution is 0.0924. The number of carbonyl (C=O) groups excluding carboxylic acids is 1. The maximum Gasteiger partial charge on any atom is 0.251 e. The topological polar surface area (TPSA) is 55.1 Å². The Hall–Kier alpha value is -1.51. The predicted molar refractivity (Wildman–Crippen MR) is 76.5 cm³/mol. The van der Waals surface area contributed by atoms with Crippen molar-refractivity contribution in [2.24, 2.45) is 11.3 Å². The molecular weight excluding hydrogens is 224 g/mol. The lowest BCUT2D eigenvalue weighted by Crippen LogP contribution is -2.37. The summed E-state index contributed by atoms with van der Waals surface area (Å²) in [5.74, 6) is 0.466. The highest BCUT2D eigenvalue weighted by Crippen LogP contribution is 2.25. The van der Waals surface area contributed by atoms with Crippen molar-refractivity contribution in [2.45, 2.75) is 34.6 Å². The highest BCUT2D eigenvalue weighted by molar-refractivity contribution is 5.96. The zero-order valence-corrected chi connectivity index (χ0v) is 12.0. The van der Waals surface area contributed by atoms with Crippen molar-refractivity contribution in [3.05, 3.63) is 29.3 Å². The molecule has 1 aromatic rings. The smallest absolute Gasteiger partial charge is 0.251 e. The summed E-state index contributed by atoms with van der Waals surface area (Å²) in [5, 5.41) is 2.99. The first-order chi connectivity index (χ1) is 8.24. The molecule has 3 N–H and O–H groups in total. The number of amides is 1. The summed E-state index contributed by atoms with van der Waals surface area (Å²) in [6.07, 6.45) is 0. The fourth-order valence-corrected chi connectivity index (χ4v) is 1.49. The molecule has 0 aliphatic carbocycles. The van der Waals surface area contributed by atoms with Crippen LogP contribution in [-0.2, 0) is 0 Å². The van der Waals surface area contributed by atoms with E-state index < -0.39 is 0 Å². The molecule has 0 aliphatic heterocycles. The molecule has 0 atom stereocenters. The minimum atomic E-state index is -0.0477. The third-order valence-electron chi connectivity index (χ3n) is 3.77. The lowest BCUT2D eigenvalue weighted by atomic mass is 9.81. The molecule has 3 nitrogen and oxygen atoms in total. The molecule has 3 heteroatoms. The van der Waals surface area contributed by atoms with Crippen LogP contribution in [0.25, 0.3) is 0 Å². The van der Waals surface area contributed by atoms with Crippen molar-refractivity contribution in [3.63, 3.8) is 0 Å². The maximum absolute atomic E-state index is 12.1. The van der Waals surface area contributed by atoms with E-state index in [0.29, 0.717) is 23.7 Å². The lowest BCUT2D eigenvalue weighted by Gasteiger charge is -2.29. The standard InChI is InChI=1S/C15H24N2O/c1-10(2)15(4,5)9-17-14(18)13-8-12(16)7-6-11(13)3/h6-8,10H,9,16H2,1-5H3,(H,17,18). The van der Waals surface area contributed by atoms with Gasteiger partial charge < -0.3 is 11.1 Å². The van der Waals surface area contributed by atoms with Gasteiger partial charge in [-0.15, -0.1) is 0 Å². The Morgan fingerprint density at radius 2 is 2.00 bits per heavy atom. The number of hydrogen-bond acceptors (Lipinski definition) is 2. The van der Waals surface area contributed by atoms with E-state index in [9.17, 15) is 4.79 Å². The summed E-state index contributed by atoms with van der Waals surface area (Å²) >= 11 is 0. The van der Waals surface area contributed by atoms with Gasteiger partial charge in [0, 0.05) is 17.8 Å². The molecule has 100 valence electrons. The van der Waals surface area contributed by atoms with E-state index in [2.05, 4.69) is 33.0 Å². The number of benzene rings is 1. The highest BCUT2D eigenvalue weighted by atomic mass is 16.1. The number of nitrogens with one attached hydrogen (secondary N) is 1. The summed E-state index contributed by atoms with van der Waals surface area (Å²) < 4.78 is 0. The Kier molecular flexibility index (Phi) is 4.38. The molecule has 1 amide bonds. The molecule has 0 aliphatic rings. The van der Waals surface area contributed by atoms with E-state index in [1.165, 1.54) is 0 Å². The fourth-order valence-electron chi connectivity index (χ4n) is 1.49. The number of carbonyl (C=O) groups is 1. The summed E-state index contributed by atoms with van der Waals surface area (Å²) in [7, 11) is 0. The number of nitrogens with two attached hydrogens (primary N) is 1. The zero-order chi connectivity index (χ0) is 13.9. The predicted octanol–water partition coefficient (Wildman–Crippen LogP) is 2.99. The molecule has 1 aromatic carbocycles. The van der Waals surface area contributed by atoms with Crippen molar-refractivity contribution < 1.29 is 4.79 Å². The number of anilines is 1. The first-order valence-corrected chi connectivity index (χ1v) is 6.38. The first kappa shape index (κ1) is 14.6. The van der Waals surface area contributed by atoms with Crippen molar-refractivity contribution in [2.75, 3.05) is 12.3 Å². The maximum atomic E-state index is 12.1. The van der Waals surface area contributed by atoms with E-state index in [1.807, 2.05) is 19.1 Å². The molecule has 0 spiro atoms. The molecule has 1 rings (SSSR count). The molecule has 0 bridgehead atoms. The summed E-state index contributed by atoms with van der Waals surface area (Å²) in [6, 6.07) is 5.41. The van der Waals surface area contributed by atoms with Gasteiger partial charge in [-0.05, 0) is 36.0 Å². The zero-order valence-electron chi connectivity index (χ0n) is 12.0. The van der Waals surface area contributed by atoms with Crippen molar-refractivity contribution in [3.8, 4) is 0 Å². The van der Waals surface area contributed by atoms with Crippen LogP contribution in [0.5, 0.6) is 0 Å². The quantitative estimate of drug-likeness (QED) is 0.805. The summed E-state index contributed by atoms with van der Waals surface area (Å²) in [5.41, 5.74) is 8.03. The normalized spacial score (nSPS) is 11.7. The van der Waals surface area contributed by atoms with Gasteiger partial charge in [0.25, 0.3) is 5.91 Å². The molecule has 0 radical (unpaired) electrons. The average molecular weight is 248 g/mol. The Morgan fingerprint density at radius 3 is 2.56 bits per heavy atom. The van der Waals surface area contributed by atoms with E-state index in [-0.39, 0.29) is 11.3 Å². The van der Waals surface area contributed by atoms with Gasteiger partial charge in [0.15, 0.2) is 0 Å². The van der Waals surface area contributed by atoms with Crippen LogP contribution in [-0.4, -0.2) is 12.5 Å². The third-order valence-corrected chi connectivity index (χ3v) is 3.77. The van der Waals surface area contributed by atoms with Gasteiger partial charge in [-0.1, -0.05) is 33.8 Å². The van der Waals surface area contributed by atoms with Crippen LogP contribution in [0.15, 0.2) is 18.2 Å². The second-order valence-corrected chi connectivity index (χ2v) is 5.90. The second kappa shape index (κ2) is 5.42. The second-order valence-electron chi connectivity index (χ2n) is 5.90. The van der Waals surface area contributed by atoms with Crippen LogP contribution in [0.3, 0.4) is 0 Å². The molecule has 18 heavy (non-hydrogen) atoms. The van der Waals surface area contributed by atoms with Gasteiger partial charge in [0.1, 0.15) is 0 Å². The van der Waals surface area contributed by atoms with Crippen LogP contribution in [0.4, 0.5) is 5.69 Å². The largest absolute Gasteiger partial charge is 0.399 e. The van der Waals surface area contributed by atoms with Crippen LogP contribution in [0, 0.1) is 18.3 Å².